The van der Waals surface area contributed by atoms with Crippen LogP contribution in [0.15, 0.2) is 0 Å². The van der Waals surface area contributed by atoms with Crippen LogP contribution in [0.2, 0.25) is 0 Å². The first kappa shape index (κ1) is 12.9. The Morgan fingerprint density at radius 1 is 1.19 bits per heavy atom. The maximum absolute atomic E-state index is 4.52. The molecule has 0 fully saturated rings. The number of hydrogen-bond donors (Lipinski definition) is 1. The van der Waals surface area contributed by atoms with Gasteiger partial charge in [0.25, 0.3) is 0 Å². The Kier molecular flexibility index (Phi) is 4.24. The quantitative estimate of drug-likeness (QED) is 0.838. The van der Waals surface area contributed by atoms with Gasteiger partial charge in [0, 0.05) is 32.0 Å². The number of nitrogens with one attached hydrogen (secondary N) is 1. The van der Waals surface area contributed by atoms with Gasteiger partial charge in [-0.25, -0.2) is 9.97 Å². The second-order valence-electron chi connectivity index (χ2n) is 4.46. The van der Waals surface area contributed by atoms with E-state index >= 15 is 0 Å². The van der Waals surface area contributed by atoms with Crippen LogP contribution in [-0.4, -0.2) is 37.7 Å². The molecule has 1 rings (SSSR count). The van der Waals surface area contributed by atoms with Crippen molar-refractivity contribution < 1.29 is 0 Å². The molecule has 0 saturated heterocycles. The van der Waals surface area contributed by atoms with E-state index in [1.807, 2.05) is 26.0 Å². The third-order valence-electron chi connectivity index (χ3n) is 2.72. The summed E-state index contributed by atoms with van der Waals surface area (Å²) in [6.45, 7) is 7.27. The summed E-state index contributed by atoms with van der Waals surface area (Å²) in [5.74, 6) is 1.23. The largest absolute Gasteiger partial charge is 0.347 e. The SMILES string of the molecule is CNCC(C)c1c(C)nc(N(C)C)nc1C. The topological polar surface area (TPSA) is 41.1 Å². The fourth-order valence-electron chi connectivity index (χ4n) is 2.03. The number of likely N-dealkylation sites (N-methyl/N-ethyl adjacent to an activating group) is 1. The maximum Gasteiger partial charge on any atom is 0.225 e. The number of aromatic nitrogens is 2. The van der Waals surface area contributed by atoms with Crippen molar-refractivity contribution in [3.8, 4) is 0 Å². The van der Waals surface area contributed by atoms with Crippen LogP contribution in [0.25, 0.3) is 0 Å². The van der Waals surface area contributed by atoms with E-state index in [9.17, 15) is 0 Å². The number of nitrogens with zero attached hydrogens (tertiary/aromatic N) is 3. The molecule has 1 aromatic heterocycles. The standard InChI is InChI=1S/C12H22N4/c1-8(7-13-4)11-9(2)14-12(16(5)6)15-10(11)3/h8,13H,7H2,1-6H3. The van der Waals surface area contributed by atoms with E-state index in [4.69, 9.17) is 0 Å². The lowest BCUT2D eigenvalue weighted by atomic mass is 9.98. The summed E-state index contributed by atoms with van der Waals surface area (Å²) in [6, 6.07) is 0. The fraction of sp³-hybridized carbons (Fsp3) is 0.667. The summed E-state index contributed by atoms with van der Waals surface area (Å²) in [5.41, 5.74) is 3.43. The van der Waals surface area contributed by atoms with Gasteiger partial charge in [0.1, 0.15) is 0 Å². The first-order valence-electron chi connectivity index (χ1n) is 5.64. The molecule has 1 aromatic rings. The van der Waals surface area contributed by atoms with Gasteiger partial charge < -0.3 is 10.2 Å². The van der Waals surface area contributed by atoms with E-state index in [1.54, 1.807) is 0 Å². The van der Waals surface area contributed by atoms with E-state index in [1.165, 1.54) is 5.56 Å². The van der Waals surface area contributed by atoms with Gasteiger partial charge in [0.15, 0.2) is 0 Å². The Morgan fingerprint density at radius 3 is 2.06 bits per heavy atom. The van der Waals surface area contributed by atoms with Gasteiger partial charge in [-0.3, -0.25) is 0 Å². The van der Waals surface area contributed by atoms with Crippen LogP contribution in [0.4, 0.5) is 5.95 Å². The molecule has 0 bridgehead atoms. The minimum atomic E-state index is 0.446. The summed E-state index contributed by atoms with van der Waals surface area (Å²) in [6.07, 6.45) is 0. The van der Waals surface area contributed by atoms with Crippen molar-refractivity contribution in [3.05, 3.63) is 17.0 Å². The fourth-order valence-corrected chi connectivity index (χ4v) is 2.03. The molecule has 0 saturated carbocycles. The summed E-state index contributed by atoms with van der Waals surface area (Å²) >= 11 is 0. The molecule has 1 atom stereocenters. The number of hydrogen-bond acceptors (Lipinski definition) is 4. The summed E-state index contributed by atoms with van der Waals surface area (Å²) in [4.78, 5) is 11.0. The predicted octanol–water partition coefficient (Wildman–Crippen LogP) is 1.48. The summed E-state index contributed by atoms with van der Waals surface area (Å²) in [7, 11) is 5.89. The molecule has 0 aliphatic heterocycles. The van der Waals surface area contributed by atoms with Crippen molar-refractivity contribution in [1.29, 1.82) is 0 Å². The Balaban J connectivity index is 3.12. The first-order chi connectivity index (χ1) is 7.47. The van der Waals surface area contributed by atoms with Gasteiger partial charge in [0.05, 0.1) is 0 Å². The highest BCUT2D eigenvalue weighted by Gasteiger charge is 2.14. The van der Waals surface area contributed by atoms with E-state index in [-0.39, 0.29) is 0 Å². The summed E-state index contributed by atoms with van der Waals surface area (Å²) in [5, 5.41) is 3.19. The van der Waals surface area contributed by atoms with Crippen molar-refractivity contribution in [2.24, 2.45) is 0 Å². The van der Waals surface area contributed by atoms with Gasteiger partial charge in [-0.1, -0.05) is 6.92 Å². The summed E-state index contributed by atoms with van der Waals surface area (Å²) < 4.78 is 0. The second kappa shape index (κ2) is 5.25. The molecule has 4 nitrogen and oxygen atoms in total. The van der Waals surface area contributed by atoms with E-state index in [2.05, 4.69) is 36.1 Å². The van der Waals surface area contributed by atoms with Crippen molar-refractivity contribution >= 4 is 5.95 Å². The molecular formula is C12H22N4. The Hall–Kier alpha value is -1.16. The van der Waals surface area contributed by atoms with Crippen LogP contribution in [0, 0.1) is 13.8 Å². The molecule has 0 aliphatic carbocycles. The lowest BCUT2D eigenvalue weighted by Crippen LogP contribution is -2.20. The van der Waals surface area contributed by atoms with Crippen LogP contribution >= 0.6 is 0 Å². The molecule has 0 amide bonds. The normalized spacial score (nSPS) is 12.6. The molecule has 0 aliphatic rings. The molecule has 90 valence electrons. The van der Waals surface area contributed by atoms with Crippen LogP contribution < -0.4 is 10.2 Å². The average molecular weight is 222 g/mol. The zero-order valence-corrected chi connectivity index (χ0v) is 11.1. The Labute approximate surface area is 98.1 Å². The highest BCUT2D eigenvalue weighted by Crippen LogP contribution is 2.22. The zero-order chi connectivity index (χ0) is 12.3. The third kappa shape index (κ3) is 2.70. The van der Waals surface area contributed by atoms with Crippen molar-refractivity contribution in [3.63, 3.8) is 0 Å². The molecule has 0 radical (unpaired) electrons. The lowest BCUT2D eigenvalue weighted by Gasteiger charge is -2.19. The van der Waals surface area contributed by atoms with Crippen molar-refractivity contribution in [1.82, 2.24) is 15.3 Å². The Bertz CT molecular complexity index is 337. The second-order valence-corrected chi connectivity index (χ2v) is 4.46. The molecule has 1 unspecified atom stereocenters. The van der Waals surface area contributed by atoms with Gasteiger partial charge in [-0.2, -0.15) is 0 Å². The third-order valence-corrected chi connectivity index (χ3v) is 2.72. The molecule has 1 N–H and O–H groups in total. The van der Waals surface area contributed by atoms with Gasteiger partial charge >= 0.3 is 0 Å². The highest BCUT2D eigenvalue weighted by atomic mass is 15.2. The minimum absolute atomic E-state index is 0.446. The number of rotatable bonds is 4. The van der Waals surface area contributed by atoms with Crippen molar-refractivity contribution in [2.45, 2.75) is 26.7 Å². The van der Waals surface area contributed by atoms with E-state index < -0.39 is 0 Å². The number of anilines is 1. The van der Waals surface area contributed by atoms with Crippen LogP contribution in [-0.2, 0) is 0 Å². The molecule has 4 heteroatoms. The average Bonchev–Trinajstić information content (AvgIpc) is 2.16. The monoisotopic (exact) mass is 222 g/mol. The molecular weight excluding hydrogens is 200 g/mol. The zero-order valence-electron chi connectivity index (χ0n) is 11.1. The molecule has 0 spiro atoms. The van der Waals surface area contributed by atoms with Crippen molar-refractivity contribution in [2.75, 3.05) is 32.6 Å². The van der Waals surface area contributed by atoms with Crippen LogP contribution in [0.3, 0.4) is 0 Å². The van der Waals surface area contributed by atoms with Crippen LogP contribution in [0.5, 0.6) is 0 Å². The molecule has 16 heavy (non-hydrogen) atoms. The van der Waals surface area contributed by atoms with Crippen LogP contribution in [0.1, 0.15) is 29.8 Å². The Morgan fingerprint density at radius 2 is 1.69 bits per heavy atom. The minimum Gasteiger partial charge on any atom is -0.347 e. The van der Waals surface area contributed by atoms with E-state index in [0.29, 0.717) is 5.92 Å². The smallest absolute Gasteiger partial charge is 0.225 e. The van der Waals surface area contributed by atoms with Gasteiger partial charge in [0.2, 0.25) is 5.95 Å². The first-order valence-corrected chi connectivity index (χ1v) is 5.64. The predicted molar refractivity (Wildman–Crippen MR) is 68.2 cm³/mol. The van der Waals surface area contributed by atoms with E-state index in [0.717, 1.165) is 23.9 Å². The highest BCUT2D eigenvalue weighted by molar-refractivity contribution is 5.36. The number of aryl methyl sites for hydroxylation is 2. The maximum atomic E-state index is 4.52. The molecule has 0 aromatic carbocycles. The van der Waals surface area contributed by atoms with Gasteiger partial charge in [-0.15, -0.1) is 0 Å². The molecule has 1 heterocycles. The van der Waals surface area contributed by atoms with Gasteiger partial charge in [-0.05, 0) is 32.4 Å². The lowest BCUT2D eigenvalue weighted by molar-refractivity contribution is 0.661.